The molecule has 2 heteroatoms. The number of hydrogen-bond acceptors (Lipinski definition) is 1. The highest BCUT2D eigenvalue weighted by Gasteiger charge is 2.15. The Morgan fingerprint density at radius 3 is 2.75 bits per heavy atom. The third-order valence-corrected chi connectivity index (χ3v) is 2.34. The van der Waals surface area contributed by atoms with Crippen LogP contribution in [-0.2, 0) is 0 Å². The standard InChI is InChI=1S/C10H7BO/c1-3-7-4-2-6-9-10(7)8(5-1)11-12-9/h1-6,11H. The van der Waals surface area contributed by atoms with Crippen LogP contribution in [0.25, 0.3) is 10.8 Å². The van der Waals surface area contributed by atoms with Crippen LogP contribution in [-0.4, -0.2) is 7.48 Å². The molecule has 0 saturated heterocycles. The van der Waals surface area contributed by atoms with Crippen LogP contribution in [0.4, 0.5) is 0 Å². The lowest BCUT2D eigenvalue weighted by Gasteiger charge is -1.98. The summed E-state index contributed by atoms with van der Waals surface area (Å²) < 4.78 is 5.51. The van der Waals surface area contributed by atoms with Gasteiger partial charge in [-0.1, -0.05) is 30.3 Å². The van der Waals surface area contributed by atoms with Crippen LogP contribution in [0.3, 0.4) is 0 Å². The van der Waals surface area contributed by atoms with Gasteiger partial charge in [-0.15, -0.1) is 0 Å². The van der Waals surface area contributed by atoms with E-state index in [0.29, 0.717) is 0 Å². The zero-order valence-corrected chi connectivity index (χ0v) is 6.58. The molecular formula is C10H7BO. The van der Waals surface area contributed by atoms with E-state index in [1.807, 2.05) is 12.1 Å². The summed E-state index contributed by atoms with van der Waals surface area (Å²) in [6.45, 7) is 0. The maximum Gasteiger partial charge on any atom is 0.374 e. The lowest BCUT2D eigenvalue weighted by atomic mass is 9.87. The van der Waals surface area contributed by atoms with Crippen LogP contribution in [0.2, 0.25) is 0 Å². The van der Waals surface area contributed by atoms with E-state index >= 15 is 0 Å². The van der Waals surface area contributed by atoms with Crippen molar-refractivity contribution in [2.75, 3.05) is 0 Å². The van der Waals surface area contributed by atoms with E-state index in [4.69, 9.17) is 4.65 Å². The van der Waals surface area contributed by atoms with E-state index in [-0.39, 0.29) is 0 Å². The van der Waals surface area contributed by atoms with Crippen molar-refractivity contribution in [2.24, 2.45) is 0 Å². The molecular weight excluding hydrogens is 147 g/mol. The molecule has 2 aromatic rings. The third-order valence-electron chi connectivity index (χ3n) is 2.34. The molecule has 0 radical (unpaired) electrons. The summed E-state index contributed by atoms with van der Waals surface area (Å²) in [5, 5.41) is 2.57. The second-order valence-corrected chi connectivity index (χ2v) is 3.06. The number of benzene rings is 2. The van der Waals surface area contributed by atoms with Crippen molar-refractivity contribution in [1.29, 1.82) is 0 Å². The zero-order valence-electron chi connectivity index (χ0n) is 6.58. The van der Waals surface area contributed by atoms with Gasteiger partial charge < -0.3 is 4.65 Å². The predicted molar refractivity (Wildman–Crippen MR) is 51.4 cm³/mol. The summed E-state index contributed by atoms with van der Waals surface area (Å²) in [6, 6.07) is 12.5. The second kappa shape index (κ2) is 2.04. The number of rotatable bonds is 0. The first-order chi connectivity index (χ1) is 5.95. The fraction of sp³-hybridized carbons (Fsp3) is 0. The summed E-state index contributed by atoms with van der Waals surface area (Å²) in [5.74, 6) is 1.03. The smallest absolute Gasteiger partial charge is 0.374 e. The molecule has 0 spiro atoms. The van der Waals surface area contributed by atoms with Gasteiger partial charge in [0.05, 0.1) is 0 Å². The summed E-state index contributed by atoms with van der Waals surface area (Å²) in [4.78, 5) is 0. The van der Waals surface area contributed by atoms with Gasteiger partial charge in [-0.25, -0.2) is 0 Å². The maximum atomic E-state index is 5.51. The fourth-order valence-corrected chi connectivity index (χ4v) is 1.78. The Morgan fingerprint density at radius 1 is 1.00 bits per heavy atom. The largest absolute Gasteiger partial charge is 0.559 e. The first kappa shape index (κ1) is 6.12. The third kappa shape index (κ3) is 0.645. The molecule has 1 nitrogen and oxygen atoms in total. The molecule has 2 aromatic carbocycles. The molecule has 1 heterocycles. The Bertz CT molecular complexity index is 412. The van der Waals surface area contributed by atoms with E-state index < -0.39 is 0 Å². The van der Waals surface area contributed by atoms with Gasteiger partial charge in [-0.05, 0) is 16.9 Å². The summed E-state index contributed by atoms with van der Waals surface area (Å²) in [7, 11) is 0.733. The molecule has 1 aliphatic heterocycles. The van der Waals surface area contributed by atoms with Gasteiger partial charge in [0.2, 0.25) is 0 Å². The Morgan fingerprint density at radius 2 is 1.83 bits per heavy atom. The quantitative estimate of drug-likeness (QED) is 0.518. The molecule has 3 rings (SSSR count). The molecule has 56 valence electrons. The molecule has 12 heavy (non-hydrogen) atoms. The predicted octanol–water partition coefficient (Wildman–Crippen LogP) is 1.21. The lowest BCUT2D eigenvalue weighted by molar-refractivity contribution is 0.621. The molecule has 1 aliphatic rings. The topological polar surface area (TPSA) is 9.23 Å². The Labute approximate surface area is 71.2 Å². The zero-order chi connectivity index (χ0) is 7.97. The molecule has 0 aromatic heterocycles. The van der Waals surface area contributed by atoms with Gasteiger partial charge in [-0.3, -0.25) is 0 Å². The van der Waals surface area contributed by atoms with Crippen molar-refractivity contribution in [3.05, 3.63) is 36.4 Å². The second-order valence-electron chi connectivity index (χ2n) is 3.06. The Kier molecular flexibility index (Phi) is 1.04. The molecule has 0 aliphatic carbocycles. The highest BCUT2D eigenvalue weighted by Crippen LogP contribution is 2.26. The van der Waals surface area contributed by atoms with Crippen LogP contribution >= 0.6 is 0 Å². The van der Waals surface area contributed by atoms with Crippen LogP contribution in [0, 0.1) is 0 Å². The van der Waals surface area contributed by atoms with E-state index in [1.54, 1.807) is 0 Å². The van der Waals surface area contributed by atoms with Gasteiger partial charge in [0, 0.05) is 5.39 Å². The van der Waals surface area contributed by atoms with Crippen LogP contribution in [0.5, 0.6) is 5.75 Å². The van der Waals surface area contributed by atoms with E-state index in [2.05, 4.69) is 24.3 Å². The van der Waals surface area contributed by atoms with E-state index in [1.165, 1.54) is 16.2 Å². The first-order valence-corrected chi connectivity index (χ1v) is 4.08. The van der Waals surface area contributed by atoms with Crippen molar-refractivity contribution >= 4 is 23.7 Å². The van der Waals surface area contributed by atoms with Crippen molar-refractivity contribution in [3.63, 3.8) is 0 Å². The van der Waals surface area contributed by atoms with Gasteiger partial charge in [0.1, 0.15) is 5.75 Å². The van der Waals surface area contributed by atoms with Gasteiger partial charge in [-0.2, -0.15) is 0 Å². The molecule has 0 saturated carbocycles. The van der Waals surface area contributed by atoms with Crippen molar-refractivity contribution in [3.8, 4) is 5.75 Å². The molecule has 0 bridgehead atoms. The lowest BCUT2D eigenvalue weighted by Crippen LogP contribution is -2.12. The minimum Gasteiger partial charge on any atom is -0.559 e. The first-order valence-electron chi connectivity index (χ1n) is 4.08. The van der Waals surface area contributed by atoms with Crippen LogP contribution in [0.1, 0.15) is 0 Å². The normalized spacial score (nSPS) is 12.7. The molecule has 0 amide bonds. The highest BCUT2D eigenvalue weighted by molar-refractivity contribution is 6.55. The van der Waals surface area contributed by atoms with E-state index in [0.717, 1.165) is 13.2 Å². The van der Waals surface area contributed by atoms with Crippen LogP contribution < -0.4 is 10.1 Å². The molecule has 0 unspecified atom stereocenters. The monoisotopic (exact) mass is 154 g/mol. The highest BCUT2D eigenvalue weighted by atomic mass is 16.4. The minimum atomic E-state index is 0.733. The minimum absolute atomic E-state index is 0.733. The molecule has 0 N–H and O–H groups in total. The van der Waals surface area contributed by atoms with E-state index in [9.17, 15) is 0 Å². The fourth-order valence-electron chi connectivity index (χ4n) is 1.78. The number of hydrogen-bond donors (Lipinski definition) is 0. The van der Waals surface area contributed by atoms with Crippen molar-refractivity contribution in [1.82, 2.24) is 0 Å². The van der Waals surface area contributed by atoms with Crippen LogP contribution in [0.15, 0.2) is 36.4 Å². The molecule has 0 fully saturated rings. The van der Waals surface area contributed by atoms with Gasteiger partial charge >= 0.3 is 7.48 Å². The summed E-state index contributed by atoms with van der Waals surface area (Å²) in [5.41, 5.74) is 1.31. The summed E-state index contributed by atoms with van der Waals surface area (Å²) >= 11 is 0. The van der Waals surface area contributed by atoms with Gasteiger partial charge in [0.25, 0.3) is 0 Å². The summed E-state index contributed by atoms with van der Waals surface area (Å²) in [6.07, 6.45) is 0. The maximum absolute atomic E-state index is 5.51. The van der Waals surface area contributed by atoms with Gasteiger partial charge in [0.15, 0.2) is 0 Å². The average molecular weight is 154 g/mol. The average Bonchev–Trinajstić information content (AvgIpc) is 2.52. The van der Waals surface area contributed by atoms with Crippen molar-refractivity contribution < 1.29 is 4.65 Å². The molecule has 0 atom stereocenters. The Hall–Kier alpha value is -1.44. The Balaban J connectivity index is 2.58. The van der Waals surface area contributed by atoms with Crippen molar-refractivity contribution in [2.45, 2.75) is 0 Å². The SMILES string of the molecule is B1Oc2cccc3cccc1c23.